The highest BCUT2D eigenvalue weighted by molar-refractivity contribution is 5.26. The Morgan fingerprint density at radius 3 is 1.71 bits per heavy atom. The first-order valence-corrected chi connectivity index (χ1v) is 4.43. The molecule has 0 atom stereocenters. The minimum Gasteiger partial charge on any atom is -0.148 e. The highest BCUT2D eigenvalue weighted by Gasteiger charge is 2.11. The zero-order chi connectivity index (χ0) is 10.6. The van der Waals surface area contributed by atoms with Crippen molar-refractivity contribution < 1.29 is 0 Å². The molecular weight excluding hydrogens is 180 g/mol. The molecular formula is C10H12N2O2. The quantitative estimate of drug-likeness (QED) is 0.687. The van der Waals surface area contributed by atoms with Crippen LogP contribution >= 0.6 is 0 Å². The van der Waals surface area contributed by atoms with E-state index in [1.54, 1.807) is 12.1 Å². The van der Waals surface area contributed by atoms with Gasteiger partial charge in [0.1, 0.15) is 0 Å². The highest BCUT2D eigenvalue weighted by Crippen LogP contribution is 2.21. The molecule has 1 rings (SSSR count). The predicted molar refractivity (Wildman–Crippen MR) is 54.9 cm³/mol. The minimum atomic E-state index is -1.11. The van der Waals surface area contributed by atoms with Gasteiger partial charge in [-0.05, 0) is 21.8 Å². The van der Waals surface area contributed by atoms with Crippen LogP contribution < -0.4 is 0 Å². The molecule has 0 bridgehead atoms. The molecule has 4 heteroatoms. The lowest BCUT2D eigenvalue weighted by Gasteiger charge is -2.06. The van der Waals surface area contributed by atoms with Crippen LogP contribution in [0.25, 0.3) is 0 Å². The topological polar surface area (TPSA) is 58.9 Å². The van der Waals surface area contributed by atoms with Gasteiger partial charge >= 0.3 is 0 Å². The summed E-state index contributed by atoms with van der Waals surface area (Å²) in [6.07, 6.45) is -1.11. The Balaban J connectivity index is 2.92. The van der Waals surface area contributed by atoms with Crippen LogP contribution in [0.4, 0.5) is 0 Å². The predicted octanol–water partition coefficient (Wildman–Crippen LogP) is 3.34. The van der Waals surface area contributed by atoms with E-state index < -0.39 is 6.17 Å². The second kappa shape index (κ2) is 4.60. The van der Waals surface area contributed by atoms with Crippen LogP contribution in [0.15, 0.2) is 34.6 Å². The van der Waals surface area contributed by atoms with Crippen molar-refractivity contribution in [3.8, 4) is 0 Å². The number of rotatable bonds is 4. The molecule has 74 valence electrons. The number of nitroso groups, excluding NO2 is 2. The Hall–Kier alpha value is -1.58. The van der Waals surface area contributed by atoms with Crippen molar-refractivity contribution in [2.24, 2.45) is 10.4 Å². The van der Waals surface area contributed by atoms with Crippen molar-refractivity contribution in [1.82, 2.24) is 0 Å². The Labute approximate surface area is 82.3 Å². The van der Waals surface area contributed by atoms with Gasteiger partial charge in [-0.25, -0.2) is 0 Å². The Bertz CT molecular complexity index is 311. The van der Waals surface area contributed by atoms with Crippen LogP contribution in [0, 0.1) is 9.81 Å². The summed E-state index contributed by atoms with van der Waals surface area (Å²) in [6, 6.07) is 7.18. The van der Waals surface area contributed by atoms with Gasteiger partial charge in [-0.1, -0.05) is 38.1 Å². The van der Waals surface area contributed by atoms with Gasteiger partial charge in [0.2, 0.25) is 6.17 Å². The molecule has 4 nitrogen and oxygen atoms in total. The lowest BCUT2D eigenvalue weighted by molar-refractivity contribution is 0.760. The molecule has 14 heavy (non-hydrogen) atoms. The molecule has 0 spiro atoms. The zero-order valence-corrected chi connectivity index (χ0v) is 8.18. The standard InChI is InChI=1S/C10H12N2O2/c1-7(2)8-3-5-9(6-4-8)10(11-13)12-14/h3-7,10H,1-2H3. The summed E-state index contributed by atoms with van der Waals surface area (Å²) in [5.41, 5.74) is 1.70. The van der Waals surface area contributed by atoms with Gasteiger partial charge in [0.15, 0.2) is 0 Å². The van der Waals surface area contributed by atoms with Crippen molar-refractivity contribution in [3.63, 3.8) is 0 Å². The largest absolute Gasteiger partial charge is 0.247 e. The van der Waals surface area contributed by atoms with Crippen LogP contribution in [0.1, 0.15) is 37.1 Å². The van der Waals surface area contributed by atoms with Gasteiger partial charge < -0.3 is 0 Å². The third kappa shape index (κ3) is 2.22. The molecule has 0 aromatic heterocycles. The molecule has 0 radical (unpaired) electrons. The molecule has 0 aliphatic rings. The molecule has 0 aliphatic carbocycles. The van der Waals surface area contributed by atoms with Crippen molar-refractivity contribution in [2.75, 3.05) is 0 Å². The fraction of sp³-hybridized carbons (Fsp3) is 0.400. The second-order valence-corrected chi connectivity index (χ2v) is 3.41. The van der Waals surface area contributed by atoms with Crippen LogP contribution in [0.2, 0.25) is 0 Å². The number of nitrogens with zero attached hydrogens (tertiary/aromatic N) is 2. The number of benzene rings is 1. The van der Waals surface area contributed by atoms with Crippen molar-refractivity contribution in [1.29, 1.82) is 0 Å². The molecule has 0 fully saturated rings. The molecule has 0 saturated heterocycles. The fourth-order valence-electron chi connectivity index (χ4n) is 1.19. The van der Waals surface area contributed by atoms with Gasteiger partial charge in [0.25, 0.3) is 0 Å². The highest BCUT2D eigenvalue weighted by atomic mass is 16.3. The molecule has 0 aliphatic heterocycles. The average Bonchev–Trinajstić information content (AvgIpc) is 2.20. The Morgan fingerprint density at radius 2 is 1.36 bits per heavy atom. The maximum atomic E-state index is 10.2. The van der Waals surface area contributed by atoms with Crippen molar-refractivity contribution in [3.05, 3.63) is 45.2 Å². The smallest absolute Gasteiger partial charge is 0.148 e. The Morgan fingerprint density at radius 1 is 0.929 bits per heavy atom. The lowest BCUT2D eigenvalue weighted by atomic mass is 10.0. The van der Waals surface area contributed by atoms with E-state index in [4.69, 9.17) is 0 Å². The summed E-state index contributed by atoms with van der Waals surface area (Å²) in [6.45, 7) is 4.14. The van der Waals surface area contributed by atoms with Gasteiger partial charge in [0.05, 0.1) is 0 Å². The maximum Gasteiger partial charge on any atom is 0.247 e. The summed E-state index contributed by atoms with van der Waals surface area (Å²) in [5.74, 6) is 0.427. The third-order valence-electron chi connectivity index (χ3n) is 2.10. The van der Waals surface area contributed by atoms with Crippen molar-refractivity contribution >= 4 is 0 Å². The third-order valence-corrected chi connectivity index (χ3v) is 2.10. The van der Waals surface area contributed by atoms with E-state index in [1.165, 1.54) is 0 Å². The van der Waals surface area contributed by atoms with Crippen LogP contribution in [0.5, 0.6) is 0 Å². The van der Waals surface area contributed by atoms with Crippen LogP contribution in [-0.4, -0.2) is 0 Å². The van der Waals surface area contributed by atoms with Crippen molar-refractivity contribution in [2.45, 2.75) is 25.9 Å². The van der Waals surface area contributed by atoms with E-state index in [0.29, 0.717) is 11.5 Å². The fourth-order valence-corrected chi connectivity index (χ4v) is 1.19. The van der Waals surface area contributed by atoms with Gasteiger partial charge in [0, 0.05) is 5.56 Å². The SMILES string of the molecule is CC(C)c1ccc(C(N=O)N=O)cc1. The van der Waals surface area contributed by atoms with E-state index in [-0.39, 0.29) is 0 Å². The van der Waals surface area contributed by atoms with E-state index >= 15 is 0 Å². The molecule has 0 saturated carbocycles. The van der Waals surface area contributed by atoms with Crippen LogP contribution in [0.3, 0.4) is 0 Å². The molecule has 0 N–H and O–H groups in total. The summed E-state index contributed by atoms with van der Waals surface area (Å²) in [5, 5.41) is 5.24. The van der Waals surface area contributed by atoms with E-state index in [1.807, 2.05) is 12.1 Å². The number of hydrogen-bond donors (Lipinski definition) is 0. The minimum absolute atomic E-state index is 0.427. The molecule has 1 aromatic rings. The van der Waals surface area contributed by atoms with Gasteiger partial charge in [-0.3, -0.25) is 0 Å². The lowest BCUT2D eigenvalue weighted by Crippen LogP contribution is -1.92. The Kier molecular flexibility index (Phi) is 3.45. The van der Waals surface area contributed by atoms with Gasteiger partial charge in [-0.15, -0.1) is 9.81 Å². The number of hydrogen-bond acceptors (Lipinski definition) is 4. The average molecular weight is 192 g/mol. The molecule has 0 amide bonds. The summed E-state index contributed by atoms with van der Waals surface area (Å²) >= 11 is 0. The van der Waals surface area contributed by atoms with Crippen LogP contribution in [-0.2, 0) is 0 Å². The summed E-state index contributed by atoms with van der Waals surface area (Å²) < 4.78 is 0. The zero-order valence-electron chi connectivity index (χ0n) is 8.18. The second-order valence-electron chi connectivity index (χ2n) is 3.41. The molecule has 0 heterocycles. The maximum absolute atomic E-state index is 10.2. The monoisotopic (exact) mass is 192 g/mol. The van der Waals surface area contributed by atoms with E-state index in [0.717, 1.165) is 5.56 Å². The normalized spacial score (nSPS) is 10.6. The van der Waals surface area contributed by atoms with E-state index in [9.17, 15) is 9.81 Å². The molecule has 1 aromatic carbocycles. The first kappa shape index (κ1) is 10.5. The molecule has 0 unspecified atom stereocenters. The van der Waals surface area contributed by atoms with Gasteiger partial charge in [-0.2, -0.15) is 0 Å². The van der Waals surface area contributed by atoms with E-state index in [2.05, 4.69) is 24.2 Å². The summed E-state index contributed by atoms with van der Waals surface area (Å²) in [4.78, 5) is 20.4. The first-order chi connectivity index (χ1) is 6.69. The first-order valence-electron chi connectivity index (χ1n) is 4.43. The summed E-state index contributed by atoms with van der Waals surface area (Å²) in [7, 11) is 0.